The molecule has 0 bridgehead atoms. The third-order valence-electron chi connectivity index (χ3n) is 3.46. The van der Waals surface area contributed by atoms with Crippen molar-refractivity contribution in [1.82, 2.24) is 0 Å². The van der Waals surface area contributed by atoms with Crippen LogP contribution in [-0.4, -0.2) is 6.26 Å². The molecule has 0 aliphatic heterocycles. The first kappa shape index (κ1) is 11.7. The van der Waals surface area contributed by atoms with E-state index >= 15 is 0 Å². The van der Waals surface area contributed by atoms with E-state index in [0.29, 0.717) is 6.04 Å². The fourth-order valence-electron chi connectivity index (χ4n) is 2.55. The molecule has 2 aromatic rings. The lowest BCUT2D eigenvalue weighted by atomic mass is 9.93. The van der Waals surface area contributed by atoms with Crippen molar-refractivity contribution in [2.75, 3.05) is 11.6 Å². The monoisotopic (exact) mass is 259 g/mol. The molecular weight excluding hydrogens is 242 g/mol. The van der Waals surface area contributed by atoms with Gasteiger partial charge in [-0.2, -0.15) is 0 Å². The van der Waals surface area contributed by atoms with E-state index < -0.39 is 0 Å². The van der Waals surface area contributed by atoms with Crippen LogP contribution >= 0.6 is 11.8 Å². The highest BCUT2D eigenvalue weighted by Crippen LogP contribution is 2.33. The van der Waals surface area contributed by atoms with Crippen LogP contribution in [0.1, 0.15) is 30.2 Å². The summed E-state index contributed by atoms with van der Waals surface area (Å²) in [6, 6.07) is 11.1. The molecule has 3 heteroatoms. The summed E-state index contributed by atoms with van der Waals surface area (Å²) >= 11 is 1.77. The number of benzene rings is 1. The first-order chi connectivity index (χ1) is 8.86. The topological polar surface area (TPSA) is 25.2 Å². The van der Waals surface area contributed by atoms with Gasteiger partial charge >= 0.3 is 0 Å². The molecule has 2 nitrogen and oxygen atoms in total. The van der Waals surface area contributed by atoms with E-state index in [1.807, 2.05) is 6.26 Å². The van der Waals surface area contributed by atoms with Crippen LogP contribution < -0.4 is 5.32 Å². The molecule has 0 spiro atoms. The maximum Gasteiger partial charge on any atom is 0.109 e. The van der Waals surface area contributed by atoms with Crippen LogP contribution in [-0.2, 0) is 6.42 Å². The second-order valence-corrected chi connectivity index (χ2v) is 5.50. The Bertz CT molecular complexity index is 535. The Labute approximate surface area is 112 Å². The van der Waals surface area contributed by atoms with Gasteiger partial charge in [-0.05, 0) is 43.4 Å². The number of hydrogen-bond donors (Lipinski definition) is 1. The highest BCUT2D eigenvalue weighted by Gasteiger charge is 2.22. The molecule has 1 aliphatic carbocycles. The van der Waals surface area contributed by atoms with Crippen molar-refractivity contribution in [2.24, 2.45) is 0 Å². The average Bonchev–Trinajstić information content (AvgIpc) is 2.88. The summed E-state index contributed by atoms with van der Waals surface area (Å²) in [4.78, 5) is 1.29. The summed E-state index contributed by atoms with van der Waals surface area (Å²) < 4.78 is 5.52. The number of hydrogen-bond acceptors (Lipinski definition) is 3. The van der Waals surface area contributed by atoms with Gasteiger partial charge in [0.15, 0.2) is 0 Å². The van der Waals surface area contributed by atoms with E-state index in [2.05, 4.69) is 41.9 Å². The van der Waals surface area contributed by atoms with Gasteiger partial charge in [0.25, 0.3) is 0 Å². The zero-order chi connectivity index (χ0) is 12.4. The molecule has 1 unspecified atom stereocenters. The predicted molar refractivity (Wildman–Crippen MR) is 76.2 cm³/mol. The zero-order valence-corrected chi connectivity index (χ0v) is 11.3. The molecule has 1 heterocycles. The first-order valence-corrected chi connectivity index (χ1v) is 7.56. The van der Waals surface area contributed by atoms with Crippen LogP contribution in [0.2, 0.25) is 0 Å². The van der Waals surface area contributed by atoms with Crippen molar-refractivity contribution in [3.63, 3.8) is 0 Å². The van der Waals surface area contributed by atoms with E-state index in [1.54, 1.807) is 11.8 Å². The van der Waals surface area contributed by atoms with Crippen LogP contribution in [0.25, 0.3) is 0 Å². The van der Waals surface area contributed by atoms with Crippen molar-refractivity contribution in [1.29, 1.82) is 0 Å². The van der Waals surface area contributed by atoms with Crippen molar-refractivity contribution >= 4 is 17.4 Å². The minimum Gasteiger partial charge on any atom is -0.469 e. The highest BCUT2D eigenvalue weighted by atomic mass is 32.2. The number of thioether (sulfide) groups is 1. The van der Waals surface area contributed by atoms with E-state index in [-0.39, 0.29) is 0 Å². The van der Waals surface area contributed by atoms with E-state index in [1.165, 1.54) is 29.0 Å². The third-order valence-corrected chi connectivity index (χ3v) is 4.19. The number of furan rings is 1. The number of fused-ring (bicyclic) bond motifs is 1. The Morgan fingerprint density at radius 3 is 3.17 bits per heavy atom. The summed E-state index contributed by atoms with van der Waals surface area (Å²) in [5.74, 6) is 1.15. The molecule has 94 valence electrons. The molecule has 1 aromatic heterocycles. The minimum atomic E-state index is 0.393. The molecular formula is C15H17NOS. The first-order valence-electron chi connectivity index (χ1n) is 6.33. The molecule has 0 fully saturated rings. The summed E-state index contributed by atoms with van der Waals surface area (Å²) in [6.45, 7) is 0. The van der Waals surface area contributed by atoms with Gasteiger partial charge in [-0.15, -0.1) is 11.8 Å². The number of anilines is 1. The number of rotatable bonds is 3. The van der Waals surface area contributed by atoms with Gasteiger partial charge in [-0.1, -0.05) is 6.07 Å². The lowest BCUT2D eigenvalue weighted by Gasteiger charge is -2.24. The average molecular weight is 259 g/mol. The standard InChI is InChI=1S/C15H17NOS/c1-18-12-5-2-4-11(10-12)16-14-6-3-7-15-13(14)8-9-17-15/h2,4-5,8-10,14,16H,3,6-7H2,1H3. The van der Waals surface area contributed by atoms with Gasteiger partial charge in [-0.25, -0.2) is 0 Å². The summed E-state index contributed by atoms with van der Waals surface area (Å²) in [5, 5.41) is 3.62. The van der Waals surface area contributed by atoms with Gasteiger partial charge in [0.05, 0.1) is 12.3 Å². The molecule has 1 aromatic carbocycles. The van der Waals surface area contributed by atoms with Crippen LogP contribution in [0.15, 0.2) is 45.9 Å². The normalized spacial score (nSPS) is 18.4. The van der Waals surface area contributed by atoms with Crippen molar-refractivity contribution in [3.8, 4) is 0 Å². The molecule has 0 saturated carbocycles. The Morgan fingerprint density at radius 1 is 1.33 bits per heavy atom. The summed E-state index contributed by atoms with van der Waals surface area (Å²) in [5.41, 5.74) is 2.52. The SMILES string of the molecule is CSc1cccc(NC2CCCc3occc32)c1. The maximum absolute atomic E-state index is 5.52. The minimum absolute atomic E-state index is 0.393. The summed E-state index contributed by atoms with van der Waals surface area (Å²) in [7, 11) is 0. The van der Waals surface area contributed by atoms with Crippen molar-refractivity contribution < 1.29 is 4.42 Å². The molecule has 1 aliphatic rings. The second-order valence-electron chi connectivity index (χ2n) is 4.62. The fourth-order valence-corrected chi connectivity index (χ4v) is 3.01. The molecule has 3 rings (SSSR count). The van der Waals surface area contributed by atoms with Gasteiger partial charge in [0.2, 0.25) is 0 Å². The van der Waals surface area contributed by atoms with Crippen LogP contribution in [0, 0.1) is 0 Å². The summed E-state index contributed by atoms with van der Waals surface area (Å²) in [6.07, 6.45) is 7.36. The Balaban J connectivity index is 1.81. The lowest BCUT2D eigenvalue weighted by Crippen LogP contribution is -2.15. The molecule has 18 heavy (non-hydrogen) atoms. The van der Waals surface area contributed by atoms with Crippen LogP contribution in [0.3, 0.4) is 0 Å². The smallest absolute Gasteiger partial charge is 0.109 e. The van der Waals surface area contributed by atoms with Gasteiger partial charge in [0.1, 0.15) is 5.76 Å². The maximum atomic E-state index is 5.52. The van der Waals surface area contributed by atoms with Gasteiger partial charge in [-0.3, -0.25) is 0 Å². The Kier molecular flexibility index (Phi) is 3.33. The zero-order valence-electron chi connectivity index (χ0n) is 10.5. The van der Waals surface area contributed by atoms with Gasteiger partial charge < -0.3 is 9.73 Å². The predicted octanol–water partition coefficient (Wildman–Crippen LogP) is 4.49. The third kappa shape index (κ3) is 2.27. The Hall–Kier alpha value is -1.35. The van der Waals surface area contributed by atoms with Gasteiger partial charge in [0, 0.05) is 22.6 Å². The molecule has 0 saturated heterocycles. The second kappa shape index (κ2) is 5.11. The van der Waals surface area contributed by atoms with Crippen molar-refractivity contribution in [2.45, 2.75) is 30.2 Å². The van der Waals surface area contributed by atoms with E-state index in [0.717, 1.165) is 12.2 Å². The molecule has 1 atom stereocenters. The van der Waals surface area contributed by atoms with E-state index in [4.69, 9.17) is 4.42 Å². The van der Waals surface area contributed by atoms with Crippen LogP contribution in [0.4, 0.5) is 5.69 Å². The fraction of sp³-hybridized carbons (Fsp3) is 0.333. The van der Waals surface area contributed by atoms with E-state index in [9.17, 15) is 0 Å². The molecule has 0 radical (unpaired) electrons. The largest absolute Gasteiger partial charge is 0.469 e. The Morgan fingerprint density at radius 2 is 2.28 bits per heavy atom. The molecule has 1 N–H and O–H groups in total. The highest BCUT2D eigenvalue weighted by molar-refractivity contribution is 7.98. The van der Waals surface area contributed by atoms with Crippen molar-refractivity contribution in [3.05, 3.63) is 47.9 Å². The van der Waals surface area contributed by atoms with Crippen LogP contribution in [0.5, 0.6) is 0 Å². The number of nitrogens with one attached hydrogen (secondary N) is 1. The number of aryl methyl sites for hydroxylation is 1. The quantitative estimate of drug-likeness (QED) is 0.822. The molecule has 0 amide bonds. The lowest BCUT2D eigenvalue weighted by molar-refractivity contribution is 0.461.